The summed E-state index contributed by atoms with van der Waals surface area (Å²) in [6.07, 6.45) is 0.896. The third-order valence-electron chi connectivity index (χ3n) is 2.50. The van der Waals surface area contributed by atoms with Crippen LogP contribution in [0.5, 0.6) is 0 Å². The summed E-state index contributed by atoms with van der Waals surface area (Å²) in [5.74, 6) is 0.792. The average molecular weight is 235 g/mol. The zero-order valence-electron chi connectivity index (χ0n) is 9.60. The molecular formula is C12H14FN3O. The maximum absolute atomic E-state index is 13.2. The Kier molecular flexibility index (Phi) is 3.49. The van der Waals surface area contributed by atoms with Crippen LogP contribution in [0.4, 0.5) is 4.39 Å². The lowest BCUT2D eigenvalue weighted by atomic mass is 10.2. The van der Waals surface area contributed by atoms with E-state index in [-0.39, 0.29) is 12.4 Å². The van der Waals surface area contributed by atoms with Gasteiger partial charge in [0.25, 0.3) is 0 Å². The van der Waals surface area contributed by atoms with Gasteiger partial charge in [0.15, 0.2) is 11.6 Å². The molecule has 0 atom stereocenters. The van der Waals surface area contributed by atoms with E-state index in [1.807, 2.05) is 11.5 Å². The van der Waals surface area contributed by atoms with Gasteiger partial charge in [-0.25, -0.2) is 4.39 Å². The van der Waals surface area contributed by atoms with Crippen LogP contribution in [0.15, 0.2) is 24.3 Å². The van der Waals surface area contributed by atoms with E-state index < -0.39 is 0 Å². The molecule has 0 unspecified atom stereocenters. The monoisotopic (exact) mass is 235 g/mol. The Hall–Kier alpha value is -1.75. The van der Waals surface area contributed by atoms with Crippen molar-refractivity contribution >= 4 is 0 Å². The number of nitrogens with zero attached hydrogens (tertiary/aromatic N) is 3. The molecule has 0 saturated heterocycles. The number of halogens is 1. The lowest BCUT2D eigenvalue weighted by molar-refractivity contribution is 0.264. The smallest absolute Gasteiger partial charge is 0.164 e. The third-order valence-corrected chi connectivity index (χ3v) is 2.50. The molecule has 2 aromatic rings. The van der Waals surface area contributed by atoms with Crippen molar-refractivity contribution in [3.63, 3.8) is 0 Å². The summed E-state index contributed by atoms with van der Waals surface area (Å²) in [5, 5.41) is 17.1. The standard InChI is InChI=1S/C12H14FN3O/c1-2-6-16-11(8-17)14-15-12(16)9-4-3-5-10(13)7-9/h3-5,7,17H,2,6,8H2,1H3. The highest BCUT2D eigenvalue weighted by Crippen LogP contribution is 2.19. The van der Waals surface area contributed by atoms with E-state index in [0.717, 1.165) is 6.42 Å². The normalized spacial score (nSPS) is 10.8. The molecule has 0 fully saturated rings. The van der Waals surface area contributed by atoms with E-state index in [1.54, 1.807) is 12.1 Å². The van der Waals surface area contributed by atoms with Crippen LogP contribution in [0.3, 0.4) is 0 Å². The number of hydrogen-bond donors (Lipinski definition) is 1. The molecule has 90 valence electrons. The second-order valence-electron chi connectivity index (χ2n) is 3.76. The van der Waals surface area contributed by atoms with Gasteiger partial charge in [-0.3, -0.25) is 0 Å². The first-order valence-electron chi connectivity index (χ1n) is 5.55. The molecule has 1 N–H and O–H groups in total. The zero-order chi connectivity index (χ0) is 12.3. The van der Waals surface area contributed by atoms with Gasteiger partial charge in [-0.05, 0) is 18.6 Å². The number of rotatable bonds is 4. The van der Waals surface area contributed by atoms with Gasteiger partial charge in [0.1, 0.15) is 12.4 Å². The van der Waals surface area contributed by atoms with Gasteiger partial charge in [0, 0.05) is 12.1 Å². The fraction of sp³-hybridized carbons (Fsp3) is 0.333. The molecule has 0 spiro atoms. The first-order valence-corrected chi connectivity index (χ1v) is 5.55. The Morgan fingerprint density at radius 2 is 2.18 bits per heavy atom. The molecule has 2 rings (SSSR count). The Morgan fingerprint density at radius 1 is 1.35 bits per heavy atom. The van der Waals surface area contributed by atoms with E-state index in [1.165, 1.54) is 12.1 Å². The molecular weight excluding hydrogens is 221 g/mol. The minimum atomic E-state index is -0.306. The van der Waals surface area contributed by atoms with Gasteiger partial charge >= 0.3 is 0 Å². The van der Waals surface area contributed by atoms with Crippen molar-refractivity contribution in [2.24, 2.45) is 0 Å². The summed E-state index contributed by atoms with van der Waals surface area (Å²) in [5.41, 5.74) is 0.672. The van der Waals surface area contributed by atoms with Gasteiger partial charge < -0.3 is 9.67 Å². The highest BCUT2D eigenvalue weighted by Gasteiger charge is 2.12. The van der Waals surface area contributed by atoms with Crippen molar-refractivity contribution in [1.29, 1.82) is 0 Å². The number of benzene rings is 1. The van der Waals surface area contributed by atoms with Crippen LogP contribution in [-0.2, 0) is 13.2 Å². The lowest BCUT2D eigenvalue weighted by Gasteiger charge is -2.07. The predicted molar refractivity (Wildman–Crippen MR) is 61.6 cm³/mol. The third kappa shape index (κ3) is 2.34. The maximum Gasteiger partial charge on any atom is 0.164 e. The second-order valence-corrected chi connectivity index (χ2v) is 3.76. The summed E-state index contributed by atoms with van der Waals surface area (Å²) < 4.78 is 15.0. The van der Waals surface area contributed by atoms with Crippen molar-refractivity contribution in [1.82, 2.24) is 14.8 Å². The molecule has 17 heavy (non-hydrogen) atoms. The predicted octanol–water partition coefficient (Wildman–Crippen LogP) is 1.99. The number of hydrogen-bond acceptors (Lipinski definition) is 3. The molecule has 4 nitrogen and oxygen atoms in total. The molecule has 1 aromatic carbocycles. The number of aliphatic hydroxyl groups excluding tert-OH is 1. The minimum Gasteiger partial charge on any atom is -0.388 e. The molecule has 0 amide bonds. The Labute approximate surface area is 98.7 Å². The fourth-order valence-corrected chi connectivity index (χ4v) is 1.75. The van der Waals surface area contributed by atoms with Crippen LogP contribution < -0.4 is 0 Å². The van der Waals surface area contributed by atoms with Crippen LogP contribution in [0.2, 0.25) is 0 Å². The van der Waals surface area contributed by atoms with Crippen LogP contribution in [0, 0.1) is 5.82 Å². The largest absolute Gasteiger partial charge is 0.388 e. The molecule has 1 heterocycles. The topological polar surface area (TPSA) is 50.9 Å². The summed E-state index contributed by atoms with van der Waals surface area (Å²) in [7, 11) is 0. The quantitative estimate of drug-likeness (QED) is 0.881. The molecule has 0 radical (unpaired) electrons. The average Bonchev–Trinajstić information content (AvgIpc) is 2.72. The van der Waals surface area contributed by atoms with Crippen LogP contribution in [0.25, 0.3) is 11.4 Å². The highest BCUT2D eigenvalue weighted by atomic mass is 19.1. The van der Waals surface area contributed by atoms with Crippen LogP contribution in [0.1, 0.15) is 19.2 Å². The van der Waals surface area contributed by atoms with Gasteiger partial charge in [-0.2, -0.15) is 0 Å². The van der Waals surface area contributed by atoms with E-state index in [0.29, 0.717) is 23.8 Å². The van der Waals surface area contributed by atoms with Gasteiger partial charge in [0.2, 0.25) is 0 Å². The van der Waals surface area contributed by atoms with Gasteiger partial charge in [-0.1, -0.05) is 19.1 Å². The summed E-state index contributed by atoms with van der Waals surface area (Å²) in [4.78, 5) is 0. The van der Waals surface area contributed by atoms with Gasteiger partial charge in [0.05, 0.1) is 0 Å². The zero-order valence-corrected chi connectivity index (χ0v) is 9.60. The van der Waals surface area contributed by atoms with Crippen molar-refractivity contribution in [3.8, 4) is 11.4 Å². The minimum absolute atomic E-state index is 0.164. The van der Waals surface area contributed by atoms with E-state index >= 15 is 0 Å². The highest BCUT2D eigenvalue weighted by molar-refractivity contribution is 5.55. The Balaban J connectivity index is 2.47. The number of aliphatic hydroxyl groups is 1. The number of aromatic nitrogens is 3. The van der Waals surface area contributed by atoms with Crippen molar-refractivity contribution < 1.29 is 9.50 Å². The summed E-state index contributed by atoms with van der Waals surface area (Å²) >= 11 is 0. The molecule has 0 saturated carbocycles. The van der Waals surface area contributed by atoms with E-state index in [4.69, 9.17) is 5.11 Å². The van der Waals surface area contributed by atoms with Crippen molar-refractivity contribution in [2.75, 3.05) is 0 Å². The summed E-state index contributed by atoms with van der Waals surface area (Å²) in [6, 6.07) is 6.21. The first-order chi connectivity index (χ1) is 8.26. The second kappa shape index (κ2) is 5.05. The van der Waals surface area contributed by atoms with Crippen molar-refractivity contribution in [2.45, 2.75) is 26.5 Å². The molecule has 5 heteroatoms. The molecule has 0 aliphatic heterocycles. The van der Waals surface area contributed by atoms with Crippen LogP contribution >= 0.6 is 0 Å². The SMILES string of the molecule is CCCn1c(CO)nnc1-c1cccc(F)c1. The fourth-order valence-electron chi connectivity index (χ4n) is 1.75. The Bertz CT molecular complexity index is 510. The molecule has 1 aromatic heterocycles. The Morgan fingerprint density at radius 3 is 2.82 bits per heavy atom. The first kappa shape index (κ1) is 11.7. The molecule has 0 aliphatic rings. The van der Waals surface area contributed by atoms with E-state index in [2.05, 4.69) is 10.2 Å². The van der Waals surface area contributed by atoms with Gasteiger partial charge in [-0.15, -0.1) is 10.2 Å². The lowest BCUT2D eigenvalue weighted by Crippen LogP contribution is -2.05. The molecule has 0 bridgehead atoms. The molecule has 0 aliphatic carbocycles. The van der Waals surface area contributed by atoms with E-state index in [9.17, 15) is 4.39 Å². The van der Waals surface area contributed by atoms with Crippen molar-refractivity contribution in [3.05, 3.63) is 35.9 Å². The van der Waals surface area contributed by atoms with Crippen LogP contribution in [-0.4, -0.2) is 19.9 Å². The maximum atomic E-state index is 13.2. The summed E-state index contributed by atoms with van der Waals surface area (Å²) in [6.45, 7) is 2.56.